The first-order chi connectivity index (χ1) is 8.22. The van der Waals surface area contributed by atoms with Crippen molar-refractivity contribution in [2.45, 2.75) is 32.6 Å². The van der Waals surface area contributed by atoms with E-state index in [1.165, 1.54) is 11.5 Å². The molecule has 2 N–H and O–H groups in total. The van der Waals surface area contributed by atoms with Crippen LogP contribution >= 0.6 is 11.5 Å². The summed E-state index contributed by atoms with van der Waals surface area (Å²) in [5, 5.41) is 8.00. The van der Waals surface area contributed by atoms with Crippen molar-refractivity contribution in [3.8, 4) is 10.8 Å². The molecule has 6 nitrogen and oxygen atoms in total. The van der Waals surface area contributed by atoms with Gasteiger partial charge >= 0.3 is 0 Å². The first-order valence-corrected chi connectivity index (χ1v) is 6.35. The number of aryl methyl sites for hydroxylation is 1. The van der Waals surface area contributed by atoms with Crippen LogP contribution in [0.4, 0.5) is 0 Å². The summed E-state index contributed by atoms with van der Waals surface area (Å²) in [4.78, 5) is 5.20. The maximum Gasteiger partial charge on any atom is 0.271 e. The third kappa shape index (κ3) is 2.67. The van der Waals surface area contributed by atoms with Gasteiger partial charge in [0.2, 0.25) is 0 Å². The van der Waals surface area contributed by atoms with E-state index in [4.69, 9.17) is 10.3 Å². The topological polar surface area (TPSA) is 90.7 Å². The molecule has 2 aromatic rings. The van der Waals surface area contributed by atoms with E-state index in [0.29, 0.717) is 24.2 Å². The fourth-order valence-corrected chi connectivity index (χ4v) is 2.17. The molecule has 0 saturated heterocycles. The Morgan fingerprint density at radius 1 is 1.41 bits per heavy atom. The second-order valence-electron chi connectivity index (χ2n) is 4.05. The van der Waals surface area contributed by atoms with Crippen molar-refractivity contribution >= 4 is 11.5 Å². The van der Waals surface area contributed by atoms with Crippen LogP contribution < -0.4 is 5.73 Å². The third-order valence-corrected chi connectivity index (χ3v) is 3.06. The summed E-state index contributed by atoms with van der Waals surface area (Å²) < 4.78 is 9.16. The van der Waals surface area contributed by atoms with Crippen molar-refractivity contribution in [2.24, 2.45) is 5.73 Å². The van der Waals surface area contributed by atoms with Gasteiger partial charge in [-0.05, 0) is 30.4 Å². The van der Waals surface area contributed by atoms with Gasteiger partial charge in [0.25, 0.3) is 5.89 Å². The van der Waals surface area contributed by atoms with Crippen molar-refractivity contribution in [3.05, 3.63) is 11.5 Å². The molecule has 7 heteroatoms. The minimum absolute atomic E-state index is 0.295. The Morgan fingerprint density at radius 3 is 2.94 bits per heavy atom. The third-order valence-electron chi connectivity index (χ3n) is 2.33. The molecule has 2 heterocycles. The minimum atomic E-state index is 0.295. The van der Waals surface area contributed by atoms with Crippen LogP contribution in [-0.2, 0) is 6.42 Å². The highest BCUT2D eigenvalue weighted by Gasteiger charge is 2.19. The van der Waals surface area contributed by atoms with Crippen LogP contribution in [-0.4, -0.2) is 26.3 Å². The highest BCUT2D eigenvalue weighted by atomic mass is 32.1. The minimum Gasteiger partial charge on any atom is -0.333 e. The van der Waals surface area contributed by atoms with Gasteiger partial charge in [-0.1, -0.05) is 23.5 Å². The lowest BCUT2D eigenvalue weighted by atomic mass is 10.1. The van der Waals surface area contributed by atoms with Crippen LogP contribution in [0.1, 0.15) is 37.7 Å². The summed E-state index contributed by atoms with van der Waals surface area (Å²) in [5.41, 5.74) is 6.34. The summed E-state index contributed by atoms with van der Waals surface area (Å²) in [7, 11) is 0. The van der Waals surface area contributed by atoms with Gasteiger partial charge in [-0.25, -0.2) is 0 Å². The van der Waals surface area contributed by atoms with E-state index in [1.54, 1.807) is 0 Å². The zero-order chi connectivity index (χ0) is 12.3. The van der Waals surface area contributed by atoms with E-state index in [9.17, 15) is 0 Å². The monoisotopic (exact) mass is 253 g/mol. The molecule has 0 atom stereocenters. The average molecular weight is 253 g/mol. The largest absolute Gasteiger partial charge is 0.333 e. The van der Waals surface area contributed by atoms with Crippen LogP contribution in [0.3, 0.4) is 0 Å². The van der Waals surface area contributed by atoms with Crippen molar-refractivity contribution in [3.63, 3.8) is 0 Å². The van der Waals surface area contributed by atoms with Gasteiger partial charge in [-0.15, -0.1) is 5.10 Å². The molecule has 92 valence electrons. The summed E-state index contributed by atoms with van der Waals surface area (Å²) >= 11 is 1.29. The van der Waals surface area contributed by atoms with E-state index >= 15 is 0 Å². The van der Waals surface area contributed by atoms with Gasteiger partial charge in [0.15, 0.2) is 5.82 Å². The molecule has 0 fully saturated rings. The van der Waals surface area contributed by atoms with Crippen LogP contribution in [0.15, 0.2) is 4.52 Å². The van der Waals surface area contributed by atoms with Crippen molar-refractivity contribution in [2.75, 3.05) is 6.54 Å². The molecule has 0 unspecified atom stereocenters. The lowest BCUT2D eigenvalue weighted by Gasteiger charge is -1.98. The maximum absolute atomic E-state index is 5.44. The lowest BCUT2D eigenvalue weighted by Crippen LogP contribution is -2.01. The fourth-order valence-electron chi connectivity index (χ4n) is 1.43. The summed E-state index contributed by atoms with van der Waals surface area (Å²) in [6, 6.07) is 0. The molecule has 2 rings (SSSR count). The SMILES string of the molecule is CC(C)c1nnsc1-c1nc(CCCN)no1. The molecule has 2 aromatic heterocycles. The molecule has 0 spiro atoms. The van der Waals surface area contributed by atoms with Crippen LogP contribution in [0, 0.1) is 0 Å². The summed E-state index contributed by atoms with van der Waals surface area (Å²) in [6.07, 6.45) is 1.60. The van der Waals surface area contributed by atoms with E-state index in [2.05, 4.69) is 33.6 Å². The number of hydrogen-bond donors (Lipinski definition) is 1. The standard InChI is InChI=1S/C10H15N5OS/c1-6(2)8-9(17-15-13-8)10-12-7(14-16-10)4-3-5-11/h6H,3-5,11H2,1-2H3. The normalized spacial score (nSPS) is 11.3. The van der Waals surface area contributed by atoms with E-state index in [0.717, 1.165) is 23.4 Å². The predicted molar refractivity (Wildman–Crippen MR) is 64.7 cm³/mol. The van der Waals surface area contributed by atoms with Gasteiger partial charge in [-0.2, -0.15) is 4.98 Å². The van der Waals surface area contributed by atoms with Crippen LogP contribution in [0.5, 0.6) is 0 Å². The average Bonchev–Trinajstić information content (AvgIpc) is 2.94. The Kier molecular flexibility index (Phi) is 3.80. The molecule has 0 aliphatic heterocycles. The van der Waals surface area contributed by atoms with E-state index < -0.39 is 0 Å². The Labute approximate surface area is 103 Å². The maximum atomic E-state index is 5.44. The molecule has 0 aromatic carbocycles. The first kappa shape index (κ1) is 12.1. The molecule has 0 radical (unpaired) electrons. The van der Waals surface area contributed by atoms with Gasteiger partial charge in [-0.3, -0.25) is 0 Å². The fraction of sp³-hybridized carbons (Fsp3) is 0.600. The number of nitrogens with zero attached hydrogens (tertiary/aromatic N) is 4. The Balaban J connectivity index is 2.21. The number of nitrogens with two attached hydrogens (primary N) is 1. The predicted octanol–water partition coefficient (Wildman–Crippen LogP) is 1.60. The van der Waals surface area contributed by atoms with E-state index in [1.807, 2.05) is 0 Å². The Hall–Kier alpha value is -1.34. The van der Waals surface area contributed by atoms with Crippen LogP contribution in [0.2, 0.25) is 0 Å². The number of rotatable bonds is 5. The van der Waals surface area contributed by atoms with Crippen LogP contribution in [0.25, 0.3) is 10.8 Å². The zero-order valence-corrected chi connectivity index (χ0v) is 10.7. The second kappa shape index (κ2) is 5.33. The number of aromatic nitrogens is 4. The highest BCUT2D eigenvalue weighted by molar-refractivity contribution is 7.09. The Morgan fingerprint density at radius 2 is 2.24 bits per heavy atom. The first-order valence-electron chi connectivity index (χ1n) is 5.57. The molecule has 0 aliphatic rings. The second-order valence-corrected chi connectivity index (χ2v) is 4.80. The molecule has 17 heavy (non-hydrogen) atoms. The molecule has 0 saturated carbocycles. The van der Waals surface area contributed by atoms with Crippen molar-refractivity contribution < 1.29 is 4.52 Å². The van der Waals surface area contributed by atoms with Gasteiger partial charge in [0, 0.05) is 6.42 Å². The van der Waals surface area contributed by atoms with Crippen molar-refractivity contribution in [1.82, 2.24) is 19.7 Å². The molecule has 0 aliphatic carbocycles. The van der Waals surface area contributed by atoms with Gasteiger partial charge < -0.3 is 10.3 Å². The van der Waals surface area contributed by atoms with Gasteiger partial charge in [0.1, 0.15) is 4.88 Å². The summed E-state index contributed by atoms with van der Waals surface area (Å²) in [5.74, 6) is 1.49. The molecular formula is C10H15N5OS. The molecule has 0 bridgehead atoms. The van der Waals surface area contributed by atoms with E-state index in [-0.39, 0.29) is 0 Å². The Bertz CT molecular complexity index is 479. The molecular weight excluding hydrogens is 238 g/mol. The van der Waals surface area contributed by atoms with Crippen molar-refractivity contribution in [1.29, 1.82) is 0 Å². The smallest absolute Gasteiger partial charge is 0.271 e. The quantitative estimate of drug-likeness (QED) is 0.870. The highest BCUT2D eigenvalue weighted by Crippen LogP contribution is 2.29. The van der Waals surface area contributed by atoms with Gasteiger partial charge in [0.05, 0.1) is 5.69 Å². The lowest BCUT2D eigenvalue weighted by molar-refractivity contribution is 0.422. The number of hydrogen-bond acceptors (Lipinski definition) is 7. The zero-order valence-electron chi connectivity index (χ0n) is 9.88. The summed E-state index contributed by atoms with van der Waals surface area (Å²) in [6.45, 7) is 4.75. The molecule has 0 amide bonds.